The highest BCUT2D eigenvalue weighted by atomic mass is 16.5. The van der Waals surface area contributed by atoms with Crippen LogP contribution < -0.4 is 5.32 Å². The minimum Gasteiger partial charge on any atom is -0.481 e. The van der Waals surface area contributed by atoms with Crippen molar-refractivity contribution < 1.29 is 19.4 Å². The minimum absolute atomic E-state index is 0.0471. The summed E-state index contributed by atoms with van der Waals surface area (Å²) >= 11 is 0. The third-order valence-electron chi connectivity index (χ3n) is 5.05. The third-order valence-corrected chi connectivity index (χ3v) is 5.05. The van der Waals surface area contributed by atoms with Crippen LogP contribution in [0.4, 0.5) is 0 Å². The number of carbonyl (C=O) groups is 2. The fraction of sp³-hybridized carbons (Fsp3) is 0.556. The lowest BCUT2D eigenvalue weighted by Crippen LogP contribution is -2.56. The van der Waals surface area contributed by atoms with Crippen LogP contribution >= 0.6 is 0 Å². The predicted molar refractivity (Wildman–Crippen MR) is 85.4 cm³/mol. The van der Waals surface area contributed by atoms with Gasteiger partial charge in [0.05, 0.1) is 11.5 Å². The van der Waals surface area contributed by atoms with Crippen molar-refractivity contribution in [3.63, 3.8) is 0 Å². The average Bonchev–Trinajstić information content (AvgIpc) is 2.47. The monoisotopic (exact) mass is 317 g/mol. The number of ether oxygens (including phenoxy) is 1. The number of aliphatic carboxylic acids is 1. The zero-order valence-corrected chi connectivity index (χ0v) is 13.6. The second kappa shape index (κ2) is 5.96. The number of carbonyl (C=O) groups excluding carboxylic acids is 1. The van der Waals surface area contributed by atoms with Gasteiger partial charge >= 0.3 is 5.97 Å². The van der Waals surface area contributed by atoms with E-state index in [0.717, 1.165) is 17.5 Å². The molecule has 1 aliphatic heterocycles. The standard InChI is InChI=1S/C18H23NO4/c1-11-3-4-12(2)15(7-11)16(20)19-14-5-6-23-18(10-14)8-13(9-18)17(21)22/h3-4,7,13-14H,5-6,8-10H2,1-2H3,(H,19,20)(H,21,22). The molecular formula is C18H23NO4. The van der Waals surface area contributed by atoms with Gasteiger partial charge < -0.3 is 15.2 Å². The molecule has 1 heterocycles. The number of hydrogen-bond acceptors (Lipinski definition) is 3. The van der Waals surface area contributed by atoms with Gasteiger partial charge in [-0.2, -0.15) is 0 Å². The van der Waals surface area contributed by atoms with Crippen LogP contribution in [0.1, 0.15) is 47.2 Å². The van der Waals surface area contributed by atoms with Crippen LogP contribution in [0.3, 0.4) is 0 Å². The van der Waals surface area contributed by atoms with E-state index in [9.17, 15) is 9.59 Å². The van der Waals surface area contributed by atoms with Gasteiger partial charge in [-0.3, -0.25) is 9.59 Å². The van der Waals surface area contributed by atoms with Crippen LogP contribution in [-0.2, 0) is 9.53 Å². The van der Waals surface area contributed by atoms with E-state index in [1.165, 1.54) is 0 Å². The van der Waals surface area contributed by atoms with Gasteiger partial charge in [-0.1, -0.05) is 17.7 Å². The maximum absolute atomic E-state index is 12.5. The molecule has 2 aliphatic rings. The van der Waals surface area contributed by atoms with Gasteiger partial charge in [-0.25, -0.2) is 0 Å². The molecule has 23 heavy (non-hydrogen) atoms. The van der Waals surface area contributed by atoms with Gasteiger partial charge in [0, 0.05) is 18.2 Å². The molecule has 1 saturated carbocycles. The molecule has 1 saturated heterocycles. The normalized spacial score (nSPS) is 29.8. The summed E-state index contributed by atoms with van der Waals surface area (Å²) in [4.78, 5) is 23.5. The van der Waals surface area contributed by atoms with E-state index in [0.29, 0.717) is 31.4 Å². The lowest BCUT2D eigenvalue weighted by atomic mass is 9.66. The fourth-order valence-corrected chi connectivity index (χ4v) is 3.69. The molecular weight excluding hydrogens is 294 g/mol. The summed E-state index contributed by atoms with van der Waals surface area (Å²) in [5.41, 5.74) is 2.39. The summed E-state index contributed by atoms with van der Waals surface area (Å²) in [5, 5.41) is 12.1. The molecule has 1 amide bonds. The predicted octanol–water partition coefficient (Wildman–Crippen LogP) is 2.45. The number of benzene rings is 1. The highest BCUT2D eigenvalue weighted by Crippen LogP contribution is 2.46. The molecule has 1 aliphatic carbocycles. The molecule has 1 unspecified atom stereocenters. The molecule has 5 nitrogen and oxygen atoms in total. The zero-order chi connectivity index (χ0) is 16.6. The SMILES string of the molecule is Cc1ccc(C)c(C(=O)NC2CCOC3(C2)CC(C(=O)O)C3)c1. The summed E-state index contributed by atoms with van der Waals surface area (Å²) in [6.07, 6.45) is 2.58. The topological polar surface area (TPSA) is 75.6 Å². The number of carboxylic acid groups (broad SMARTS) is 1. The van der Waals surface area contributed by atoms with Crippen LogP contribution in [-0.4, -0.2) is 35.2 Å². The minimum atomic E-state index is -0.749. The summed E-state index contributed by atoms with van der Waals surface area (Å²) in [7, 11) is 0. The van der Waals surface area contributed by atoms with Crippen molar-refractivity contribution in [3.05, 3.63) is 34.9 Å². The number of aryl methyl sites for hydroxylation is 2. The molecule has 124 valence electrons. The van der Waals surface area contributed by atoms with Crippen molar-refractivity contribution in [2.75, 3.05) is 6.61 Å². The van der Waals surface area contributed by atoms with Crippen LogP contribution in [0.15, 0.2) is 18.2 Å². The van der Waals surface area contributed by atoms with Crippen LogP contribution in [0.5, 0.6) is 0 Å². The maximum Gasteiger partial charge on any atom is 0.306 e. The fourth-order valence-electron chi connectivity index (χ4n) is 3.69. The van der Waals surface area contributed by atoms with Crippen molar-refractivity contribution in [1.82, 2.24) is 5.32 Å². The Morgan fingerprint density at radius 1 is 1.26 bits per heavy atom. The second-order valence-electron chi connectivity index (χ2n) is 6.96. The van der Waals surface area contributed by atoms with Gasteiger partial charge in [0.1, 0.15) is 0 Å². The van der Waals surface area contributed by atoms with Crippen molar-refractivity contribution in [3.8, 4) is 0 Å². The van der Waals surface area contributed by atoms with Crippen LogP contribution in [0.25, 0.3) is 0 Å². The van der Waals surface area contributed by atoms with Crippen molar-refractivity contribution in [1.29, 1.82) is 0 Å². The summed E-state index contributed by atoms with van der Waals surface area (Å²) in [5.74, 6) is -1.11. The first-order valence-electron chi connectivity index (χ1n) is 8.13. The molecule has 2 fully saturated rings. The second-order valence-corrected chi connectivity index (χ2v) is 6.96. The van der Waals surface area contributed by atoms with E-state index in [2.05, 4.69) is 5.32 Å². The van der Waals surface area contributed by atoms with Gasteiger partial charge in [-0.05, 0) is 51.2 Å². The Labute approximate surface area is 136 Å². The lowest BCUT2D eigenvalue weighted by molar-refractivity contribution is -0.181. The quantitative estimate of drug-likeness (QED) is 0.898. The van der Waals surface area contributed by atoms with Crippen molar-refractivity contribution in [2.24, 2.45) is 5.92 Å². The molecule has 0 aromatic heterocycles. The number of nitrogens with one attached hydrogen (secondary N) is 1. The summed E-state index contributed by atoms with van der Waals surface area (Å²) in [6, 6.07) is 5.91. The molecule has 1 spiro atoms. The Morgan fingerprint density at radius 3 is 2.70 bits per heavy atom. The first-order chi connectivity index (χ1) is 10.9. The Morgan fingerprint density at radius 2 is 2.00 bits per heavy atom. The lowest BCUT2D eigenvalue weighted by Gasteiger charge is -2.50. The van der Waals surface area contributed by atoms with Crippen LogP contribution in [0, 0.1) is 19.8 Å². The average molecular weight is 317 g/mol. The summed E-state index contributed by atoms with van der Waals surface area (Å²) in [6.45, 7) is 4.48. The number of hydrogen-bond donors (Lipinski definition) is 2. The Kier molecular flexibility index (Phi) is 4.15. The molecule has 1 atom stereocenters. The molecule has 0 bridgehead atoms. The van der Waals surface area contributed by atoms with E-state index in [-0.39, 0.29) is 23.5 Å². The largest absolute Gasteiger partial charge is 0.481 e. The Balaban J connectivity index is 1.63. The van der Waals surface area contributed by atoms with E-state index in [1.54, 1.807) is 0 Å². The third kappa shape index (κ3) is 3.24. The van der Waals surface area contributed by atoms with Gasteiger partial charge in [0.15, 0.2) is 0 Å². The van der Waals surface area contributed by atoms with Crippen LogP contribution in [0.2, 0.25) is 0 Å². The van der Waals surface area contributed by atoms with E-state index < -0.39 is 5.97 Å². The van der Waals surface area contributed by atoms with E-state index in [4.69, 9.17) is 9.84 Å². The summed E-state index contributed by atoms with van der Waals surface area (Å²) < 4.78 is 5.83. The van der Waals surface area contributed by atoms with Gasteiger partial charge in [-0.15, -0.1) is 0 Å². The maximum atomic E-state index is 12.5. The molecule has 1 aromatic carbocycles. The van der Waals surface area contributed by atoms with Gasteiger partial charge in [0.2, 0.25) is 0 Å². The first-order valence-corrected chi connectivity index (χ1v) is 8.13. The van der Waals surface area contributed by atoms with E-state index >= 15 is 0 Å². The van der Waals surface area contributed by atoms with E-state index in [1.807, 2.05) is 32.0 Å². The Bertz CT molecular complexity index is 634. The molecule has 0 radical (unpaired) electrons. The van der Waals surface area contributed by atoms with Crippen molar-refractivity contribution in [2.45, 2.75) is 51.2 Å². The smallest absolute Gasteiger partial charge is 0.306 e. The van der Waals surface area contributed by atoms with Crippen molar-refractivity contribution >= 4 is 11.9 Å². The molecule has 5 heteroatoms. The zero-order valence-electron chi connectivity index (χ0n) is 13.6. The highest BCUT2D eigenvalue weighted by molar-refractivity contribution is 5.96. The number of carboxylic acids is 1. The first kappa shape index (κ1) is 16.0. The number of rotatable bonds is 3. The molecule has 2 N–H and O–H groups in total. The van der Waals surface area contributed by atoms with Gasteiger partial charge in [0.25, 0.3) is 5.91 Å². The molecule has 3 rings (SSSR count). The Hall–Kier alpha value is -1.88. The molecule has 1 aromatic rings. The number of amides is 1. The highest BCUT2D eigenvalue weighted by Gasteiger charge is 2.51.